The van der Waals surface area contributed by atoms with E-state index in [4.69, 9.17) is 0 Å². The molecule has 2 aromatic rings. The van der Waals surface area contributed by atoms with Crippen molar-refractivity contribution < 1.29 is 9.72 Å². The number of para-hydroxylation sites is 1. The Balaban J connectivity index is 2.38. The number of hydrogen-bond acceptors (Lipinski definition) is 4. The molecule has 0 aliphatic rings. The second kappa shape index (κ2) is 5.79. The van der Waals surface area contributed by atoms with Gasteiger partial charge in [-0.15, -0.1) is 0 Å². The minimum Gasteiger partial charge on any atom is -0.305 e. The fourth-order valence-corrected chi connectivity index (χ4v) is 2.09. The van der Waals surface area contributed by atoms with E-state index in [1.165, 1.54) is 12.3 Å². The van der Waals surface area contributed by atoms with Crippen molar-refractivity contribution in [3.8, 4) is 0 Å². The maximum atomic E-state index is 12.2. The van der Waals surface area contributed by atoms with E-state index in [2.05, 4.69) is 26.2 Å². The van der Waals surface area contributed by atoms with Crippen LogP contribution in [0.25, 0.3) is 0 Å². The van der Waals surface area contributed by atoms with Crippen molar-refractivity contribution in [2.45, 2.75) is 6.92 Å². The maximum Gasteiger partial charge on any atom is 0.285 e. The van der Waals surface area contributed by atoms with E-state index in [0.717, 1.165) is 0 Å². The quantitative estimate of drug-likeness (QED) is 0.688. The zero-order valence-electron chi connectivity index (χ0n) is 10.5. The number of carbonyl (C=O) groups is 1. The Morgan fingerprint density at radius 2 is 2.10 bits per heavy atom. The van der Waals surface area contributed by atoms with Crippen molar-refractivity contribution in [1.82, 2.24) is 4.98 Å². The van der Waals surface area contributed by atoms with Crippen LogP contribution in [0.4, 0.5) is 11.5 Å². The molecule has 0 aliphatic heterocycles. The van der Waals surface area contributed by atoms with Crippen molar-refractivity contribution in [2.75, 3.05) is 5.32 Å². The Labute approximate surface area is 123 Å². The van der Waals surface area contributed by atoms with E-state index in [1.807, 2.05) is 0 Å². The van der Waals surface area contributed by atoms with E-state index in [1.54, 1.807) is 31.2 Å². The third kappa shape index (κ3) is 2.83. The smallest absolute Gasteiger partial charge is 0.285 e. The first-order chi connectivity index (χ1) is 9.50. The standard InChI is InChI=1S/C13H10BrN3O3/c1-8-4-2-5-9(11(8)17(19)20)13(18)16-12-10(14)6-3-7-15-12/h2-7H,1H3,(H,15,16,18). The number of carbonyl (C=O) groups excluding carboxylic acids is 1. The number of hydrogen-bond donors (Lipinski definition) is 1. The van der Waals surface area contributed by atoms with Crippen LogP contribution in [0, 0.1) is 17.0 Å². The van der Waals surface area contributed by atoms with Gasteiger partial charge in [-0.2, -0.15) is 0 Å². The molecule has 0 atom stereocenters. The third-order valence-corrected chi connectivity index (χ3v) is 3.30. The molecule has 1 N–H and O–H groups in total. The zero-order chi connectivity index (χ0) is 14.7. The number of anilines is 1. The van der Waals surface area contributed by atoms with Crippen molar-refractivity contribution in [3.05, 3.63) is 62.2 Å². The number of aromatic nitrogens is 1. The number of rotatable bonds is 3. The summed E-state index contributed by atoms with van der Waals surface area (Å²) in [7, 11) is 0. The Bertz CT molecular complexity index is 688. The van der Waals surface area contributed by atoms with Crippen LogP contribution in [0.3, 0.4) is 0 Å². The van der Waals surface area contributed by atoms with Gasteiger partial charge in [-0.1, -0.05) is 12.1 Å². The van der Waals surface area contributed by atoms with E-state index < -0.39 is 10.8 Å². The van der Waals surface area contributed by atoms with Gasteiger partial charge in [-0.25, -0.2) is 4.98 Å². The number of nitrogens with zero attached hydrogens (tertiary/aromatic N) is 2. The van der Waals surface area contributed by atoms with Crippen LogP contribution in [0.5, 0.6) is 0 Å². The molecule has 1 aromatic carbocycles. The summed E-state index contributed by atoms with van der Waals surface area (Å²) in [6.45, 7) is 1.59. The lowest BCUT2D eigenvalue weighted by Gasteiger charge is -2.07. The average Bonchev–Trinajstić information content (AvgIpc) is 2.40. The Kier molecular flexibility index (Phi) is 4.09. The molecular weight excluding hydrogens is 326 g/mol. The van der Waals surface area contributed by atoms with Gasteiger partial charge < -0.3 is 5.32 Å². The fraction of sp³-hybridized carbons (Fsp3) is 0.0769. The van der Waals surface area contributed by atoms with Crippen LogP contribution in [0.1, 0.15) is 15.9 Å². The molecular formula is C13H10BrN3O3. The largest absolute Gasteiger partial charge is 0.305 e. The second-order valence-electron chi connectivity index (χ2n) is 4.02. The lowest BCUT2D eigenvalue weighted by atomic mass is 10.1. The zero-order valence-corrected chi connectivity index (χ0v) is 12.0. The van der Waals surface area contributed by atoms with E-state index in [0.29, 0.717) is 15.9 Å². The Morgan fingerprint density at radius 3 is 2.75 bits per heavy atom. The SMILES string of the molecule is Cc1cccc(C(=O)Nc2ncccc2Br)c1[N+](=O)[O-]. The molecule has 0 radical (unpaired) electrons. The number of pyridine rings is 1. The topological polar surface area (TPSA) is 85.1 Å². The highest BCUT2D eigenvalue weighted by Gasteiger charge is 2.22. The number of nitro benzene ring substituents is 1. The summed E-state index contributed by atoms with van der Waals surface area (Å²) in [5.41, 5.74) is 0.243. The highest BCUT2D eigenvalue weighted by molar-refractivity contribution is 9.10. The normalized spacial score (nSPS) is 10.1. The number of halogens is 1. The first kappa shape index (κ1) is 14.1. The van der Waals surface area contributed by atoms with Gasteiger partial charge in [0.05, 0.1) is 9.40 Å². The Morgan fingerprint density at radius 1 is 1.35 bits per heavy atom. The summed E-state index contributed by atoms with van der Waals surface area (Å²) in [4.78, 5) is 26.7. The average molecular weight is 336 g/mol. The van der Waals surface area contributed by atoms with E-state index >= 15 is 0 Å². The number of benzene rings is 1. The molecule has 6 nitrogen and oxygen atoms in total. The third-order valence-electron chi connectivity index (χ3n) is 2.66. The summed E-state index contributed by atoms with van der Waals surface area (Å²) in [6.07, 6.45) is 1.52. The molecule has 1 amide bonds. The van der Waals surface area contributed by atoms with Crippen LogP contribution in [-0.4, -0.2) is 15.8 Å². The number of nitro groups is 1. The first-order valence-corrected chi connectivity index (χ1v) is 6.46. The molecule has 0 saturated heterocycles. The molecule has 0 saturated carbocycles. The van der Waals surface area contributed by atoms with Gasteiger partial charge in [-0.05, 0) is 41.1 Å². The molecule has 1 aromatic heterocycles. The number of amides is 1. The second-order valence-corrected chi connectivity index (χ2v) is 4.87. The van der Waals surface area contributed by atoms with Crippen molar-refractivity contribution in [1.29, 1.82) is 0 Å². The van der Waals surface area contributed by atoms with Gasteiger partial charge in [0.15, 0.2) is 0 Å². The molecule has 2 rings (SSSR count). The minimum absolute atomic E-state index is 0.00699. The fourth-order valence-electron chi connectivity index (χ4n) is 1.74. The van der Waals surface area contributed by atoms with Gasteiger partial charge >= 0.3 is 0 Å². The molecule has 0 fully saturated rings. The van der Waals surface area contributed by atoms with Crippen LogP contribution in [0.15, 0.2) is 41.0 Å². The molecule has 0 bridgehead atoms. The summed E-state index contributed by atoms with van der Waals surface area (Å²) in [5.74, 6) is -0.256. The molecule has 102 valence electrons. The van der Waals surface area contributed by atoms with Crippen LogP contribution >= 0.6 is 15.9 Å². The molecule has 0 spiro atoms. The molecule has 20 heavy (non-hydrogen) atoms. The molecule has 1 heterocycles. The number of aryl methyl sites for hydroxylation is 1. The van der Waals surface area contributed by atoms with Gasteiger partial charge in [0.1, 0.15) is 11.4 Å². The summed E-state index contributed by atoms with van der Waals surface area (Å²) < 4.78 is 0.601. The van der Waals surface area contributed by atoms with E-state index in [-0.39, 0.29) is 11.3 Å². The number of nitrogens with one attached hydrogen (secondary N) is 1. The lowest BCUT2D eigenvalue weighted by Crippen LogP contribution is -2.15. The summed E-state index contributed by atoms with van der Waals surface area (Å²) in [5, 5.41) is 13.6. The molecule has 0 aliphatic carbocycles. The lowest BCUT2D eigenvalue weighted by molar-refractivity contribution is -0.385. The van der Waals surface area contributed by atoms with Gasteiger partial charge in [0, 0.05) is 11.8 Å². The highest BCUT2D eigenvalue weighted by Crippen LogP contribution is 2.25. The maximum absolute atomic E-state index is 12.2. The van der Waals surface area contributed by atoms with Crippen LogP contribution in [-0.2, 0) is 0 Å². The van der Waals surface area contributed by atoms with Crippen LogP contribution in [0.2, 0.25) is 0 Å². The minimum atomic E-state index is -0.570. The van der Waals surface area contributed by atoms with Crippen molar-refractivity contribution in [3.63, 3.8) is 0 Å². The van der Waals surface area contributed by atoms with Gasteiger partial charge in [0.2, 0.25) is 0 Å². The van der Waals surface area contributed by atoms with Gasteiger partial charge in [-0.3, -0.25) is 14.9 Å². The van der Waals surface area contributed by atoms with Crippen LogP contribution < -0.4 is 5.32 Å². The monoisotopic (exact) mass is 335 g/mol. The Hall–Kier alpha value is -2.28. The molecule has 0 unspecified atom stereocenters. The van der Waals surface area contributed by atoms with Gasteiger partial charge in [0.25, 0.3) is 11.6 Å². The molecule has 7 heteroatoms. The van der Waals surface area contributed by atoms with Crippen molar-refractivity contribution >= 4 is 33.3 Å². The predicted molar refractivity (Wildman–Crippen MR) is 77.7 cm³/mol. The summed E-state index contributed by atoms with van der Waals surface area (Å²) in [6, 6.07) is 8.02. The van der Waals surface area contributed by atoms with E-state index in [9.17, 15) is 14.9 Å². The highest BCUT2D eigenvalue weighted by atomic mass is 79.9. The predicted octanol–water partition coefficient (Wildman–Crippen LogP) is 3.31. The van der Waals surface area contributed by atoms with Crippen molar-refractivity contribution in [2.24, 2.45) is 0 Å². The first-order valence-electron chi connectivity index (χ1n) is 5.66. The summed E-state index contributed by atoms with van der Waals surface area (Å²) >= 11 is 3.25.